The third-order valence-electron chi connectivity index (χ3n) is 5.06. The molecule has 1 saturated heterocycles. The van der Waals surface area contributed by atoms with Gasteiger partial charge < -0.3 is 14.5 Å². The maximum Gasteiger partial charge on any atom is 0.344 e. The molecule has 12 heteroatoms. The van der Waals surface area contributed by atoms with E-state index >= 15 is 0 Å². The van der Waals surface area contributed by atoms with Crippen LogP contribution in [0.2, 0.25) is 5.02 Å². The van der Waals surface area contributed by atoms with E-state index in [2.05, 4.69) is 20.9 Å². The number of nitrogens with zero attached hydrogens (tertiary/aromatic N) is 3. The second-order valence-electron chi connectivity index (χ2n) is 7.24. The van der Waals surface area contributed by atoms with Crippen LogP contribution in [0.4, 0.5) is 4.79 Å². The molecule has 31 heavy (non-hydrogen) atoms. The first-order valence-corrected chi connectivity index (χ1v) is 11.1. The monoisotopic (exact) mass is 465 g/mol. The summed E-state index contributed by atoms with van der Waals surface area (Å²) in [6.07, 6.45) is 3.93. The van der Waals surface area contributed by atoms with Crippen LogP contribution < -0.4 is 15.5 Å². The van der Waals surface area contributed by atoms with Gasteiger partial charge in [-0.1, -0.05) is 42.6 Å². The summed E-state index contributed by atoms with van der Waals surface area (Å²) < 4.78 is 11.0. The minimum absolute atomic E-state index is 0.0614. The van der Waals surface area contributed by atoms with E-state index in [1.54, 1.807) is 24.3 Å². The van der Waals surface area contributed by atoms with E-state index in [-0.39, 0.29) is 23.5 Å². The lowest BCUT2D eigenvalue weighted by molar-refractivity contribution is -0.139. The van der Waals surface area contributed by atoms with Crippen molar-refractivity contribution in [3.05, 3.63) is 35.2 Å². The summed E-state index contributed by atoms with van der Waals surface area (Å²) in [5.74, 6) is -0.204. The number of amides is 4. The van der Waals surface area contributed by atoms with Crippen molar-refractivity contribution in [1.29, 1.82) is 0 Å². The molecule has 2 aliphatic rings. The standard InChI is InChI=1S/C19H20ClN5O5S/c20-12-4-6-13(7-5-12)29-10-15-22-23-18(30-15)31-11-14(26)24-25-16(27)19(21-17(25)28)8-2-1-3-9-19/h4-7H,1-3,8-11H2,(H,21,28)(H,24,26). The Bertz CT molecular complexity index is 976. The minimum atomic E-state index is -0.888. The molecule has 164 valence electrons. The minimum Gasteiger partial charge on any atom is -0.484 e. The van der Waals surface area contributed by atoms with Gasteiger partial charge in [0.1, 0.15) is 11.3 Å². The molecule has 1 aromatic carbocycles. The zero-order valence-electron chi connectivity index (χ0n) is 16.4. The molecule has 0 radical (unpaired) electrons. The fourth-order valence-electron chi connectivity index (χ4n) is 3.53. The Morgan fingerprint density at radius 2 is 1.97 bits per heavy atom. The van der Waals surface area contributed by atoms with Crippen molar-refractivity contribution in [3.63, 3.8) is 0 Å². The zero-order valence-corrected chi connectivity index (χ0v) is 18.0. The third kappa shape index (κ3) is 4.93. The smallest absolute Gasteiger partial charge is 0.344 e. The van der Waals surface area contributed by atoms with Crippen LogP contribution in [0.25, 0.3) is 0 Å². The van der Waals surface area contributed by atoms with Gasteiger partial charge in [-0.3, -0.25) is 15.0 Å². The van der Waals surface area contributed by atoms with E-state index in [9.17, 15) is 14.4 Å². The van der Waals surface area contributed by atoms with Gasteiger partial charge in [-0.25, -0.2) is 4.79 Å². The van der Waals surface area contributed by atoms with Crippen LogP contribution >= 0.6 is 23.4 Å². The van der Waals surface area contributed by atoms with Crippen LogP contribution in [0, 0.1) is 0 Å². The molecule has 1 aliphatic heterocycles. The Kier molecular flexibility index (Phi) is 6.33. The number of nitrogens with one attached hydrogen (secondary N) is 2. The number of imide groups is 1. The number of hydrazine groups is 1. The highest BCUT2D eigenvalue weighted by atomic mass is 35.5. The molecule has 2 fully saturated rings. The van der Waals surface area contributed by atoms with E-state index in [0.29, 0.717) is 23.6 Å². The lowest BCUT2D eigenvalue weighted by Crippen LogP contribution is -2.51. The summed E-state index contributed by atoms with van der Waals surface area (Å²) in [6, 6.07) is 6.22. The summed E-state index contributed by atoms with van der Waals surface area (Å²) >= 11 is 6.82. The Morgan fingerprint density at radius 1 is 1.23 bits per heavy atom. The number of urea groups is 1. The summed E-state index contributed by atoms with van der Waals surface area (Å²) in [5, 5.41) is 12.0. The Balaban J connectivity index is 1.25. The molecular weight excluding hydrogens is 446 g/mol. The number of thioether (sulfide) groups is 1. The zero-order chi connectivity index (χ0) is 21.8. The molecule has 1 saturated carbocycles. The van der Waals surface area contributed by atoms with E-state index in [1.165, 1.54) is 0 Å². The predicted molar refractivity (Wildman–Crippen MR) is 110 cm³/mol. The van der Waals surface area contributed by atoms with Crippen molar-refractivity contribution in [2.75, 3.05) is 5.75 Å². The van der Waals surface area contributed by atoms with Crippen LogP contribution in [0.1, 0.15) is 38.0 Å². The first kappa shape index (κ1) is 21.4. The molecule has 2 heterocycles. The van der Waals surface area contributed by atoms with Gasteiger partial charge in [0.05, 0.1) is 5.75 Å². The number of benzene rings is 1. The van der Waals surface area contributed by atoms with Gasteiger partial charge in [0, 0.05) is 5.02 Å². The van der Waals surface area contributed by atoms with Crippen molar-refractivity contribution < 1.29 is 23.5 Å². The Morgan fingerprint density at radius 3 is 2.71 bits per heavy atom. The molecule has 0 unspecified atom stereocenters. The fraction of sp³-hybridized carbons (Fsp3) is 0.421. The Labute approximate surface area is 187 Å². The van der Waals surface area contributed by atoms with Crippen LogP contribution in [0.5, 0.6) is 5.75 Å². The van der Waals surface area contributed by atoms with Crippen LogP contribution in [-0.4, -0.2) is 44.3 Å². The average molecular weight is 466 g/mol. The molecule has 4 rings (SSSR count). The van der Waals surface area contributed by atoms with E-state index in [4.69, 9.17) is 20.8 Å². The summed E-state index contributed by atoms with van der Waals surface area (Å²) in [6.45, 7) is 0.0614. The molecule has 1 spiro atoms. The number of carbonyl (C=O) groups excluding carboxylic acids is 3. The lowest BCUT2D eigenvalue weighted by Gasteiger charge is -2.30. The van der Waals surface area contributed by atoms with E-state index in [0.717, 1.165) is 36.0 Å². The Hall–Kier alpha value is -2.79. The number of aromatic nitrogens is 2. The molecule has 0 bridgehead atoms. The number of hydrogen-bond acceptors (Lipinski definition) is 8. The molecule has 10 nitrogen and oxygen atoms in total. The summed E-state index contributed by atoms with van der Waals surface area (Å²) in [4.78, 5) is 37.1. The molecule has 2 aromatic rings. The predicted octanol–water partition coefficient (Wildman–Crippen LogP) is 2.68. The van der Waals surface area contributed by atoms with Crippen LogP contribution in [-0.2, 0) is 16.2 Å². The van der Waals surface area contributed by atoms with Gasteiger partial charge in [0.2, 0.25) is 5.91 Å². The number of ether oxygens (including phenoxy) is 1. The second kappa shape index (κ2) is 9.15. The van der Waals surface area contributed by atoms with E-state index < -0.39 is 23.4 Å². The van der Waals surface area contributed by atoms with Crippen molar-refractivity contribution in [3.8, 4) is 5.75 Å². The quantitative estimate of drug-likeness (QED) is 0.472. The highest BCUT2D eigenvalue weighted by Crippen LogP contribution is 2.33. The first-order chi connectivity index (χ1) is 14.9. The highest BCUT2D eigenvalue weighted by Gasteiger charge is 2.52. The number of hydrogen-bond donors (Lipinski definition) is 2. The molecule has 4 amide bonds. The second-order valence-corrected chi connectivity index (χ2v) is 8.60. The SMILES string of the molecule is O=C(CSc1nnc(COc2ccc(Cl)cc2)o1)NN1C(=O)NC2(CCCCC2)C1=O. The highest BCUT2D eigenvalue weighted by molar-refractivity contribution is 7.99. The van der Waals surface area contributed by atoms with Gasteiger partial charge in [0.25, 0.3) is 17.0 Å². The van der Waals surface area contributed by atoms with Gasteiger partial charge in [-0.05, 0) is 37.1 Å². The normalized spacial score (nSPS) is 17.6. The fourth-order valence-corrected chi connectivity index (χ4v) is 4.23. The van der Waals surface area contributed by atoms with Crippen molar-refractivity contribution in [1.82, 2.24) is 25.9 Å². The van der Waals surface area contributed by atoms with Gasteiger partial charge in [-0.2, -0.15) is 5.01 Å². The molecule has 2 N–H and O–H groups in total. The van der Waals surface area contributed by atoms with Crippen LogP contribution in [0.15, 0.2) is 33.9 Å². The maximum atomic E-state index is 12.7. The molecule has 1 aromatic heterocycles. The molecule has 0 atom stereocenters. The average Bonchev–Trinajstić information content (AvgIpc) is 3.31. The number of halogens is 1. The van der Waals surface area contributed by atoms with Crippen molar-refractivity contribution in [2.24, 2.45) is 0 Å². The van der Waals surface area contributed by atoms with E-state index in [1.807, 2.05) is 0 Å². The number of rotatable bonds is 7. The van der Waals surface area contributed by atoms with Crippen LogP contribution in [0.3, 0.4) is 0 Å². The topological polar surface area (TPSA) is 127 Å². The first-order valence-electron chi connectivity index (χ1n) is 9.75. The van der Waals surface area contributed by atoms with Gasteiger partial charge >= 0.3 is 6.03 Å². The van der Waals surface area contributed by atoms with Gasteiger partial charge in [-0.15, -0.1) is 10.2 Å². The maximum absolute atomic E-state index is 12.7. The summed E-state index contributed by atoms with van der Waals surface area (Å²) in [7, 11) is 0. The molecular formula is C19H20ClN5O5S. The largest absolute Gasteiger partial charge is 0.484 e. The molecule has 1 aliphatic carbocycles. The summed E-state index contributed by atoms with van der Waals surface area (Å²) in [5.41, 5.74) is 1.48. The van der Waals surface area contributed by atoms with Gasteiger partial charge in [0.15, 0.2) is 6.61 Å². The number of carbonyl (C=O) groups is 3. The van der Waals surface area contributed by atoms with Crippen molar-refractivity contribution in [2.45, 2.75) is 49.5 Å². The van der Waals surface area contributed by atoms with Crippen molar-refractivity contribution >= 4 is 41.2 Å². The third-order valence-corrected chi connectivity index (χ3v) is 6.13. The lowest BCUT2D eigenvalue weighted by atomic mass is 9.82.